The van der Waals surface area contributed by atoms with Crippen LogP contribution >= 0.6 is 0 Å². The van der Waals surface area contributed by atoms with Gasteiger partial charge in [-0.25, -0.2) is 9.97 Å². The SMILES string of the molecule is CCc1cc(N2CC(CN)OCC2C)nc(C)n1. The second-order valence-electron chi connectivity index (χ2n) is 4.81. The Bertz CT molecular complexity index is 410. The zero-order valence-electron chi connectivity index (χ0n) is 11.4. The van der Waals surface area contributed by atoms with Crippen LogP contribution in [0.25, 0.3) is 0 Å². The fraction of sp³-hybridized carbons (Fsp3) is 0.692. The van der Waals surface area contributed by atoms with Crippen molar-refractivity contribution < 1.29 is 4.74 Å². The fourth-order valence-electron chi connectivity index (χ4n) is 2.22. The minimum atomic E-state index is 0.0987. The van der Waals surface area contributed by atoms with E-state index in [2.05, 4.69) is 34.8 Å². The molecule has 2 atom stereocenters. The Morgan fingerprint density at radius 1 is 1.50 bits per heavy atom. The van der Waals surface area contributed by atoms with Crippen molar-refractivity contribution in [2.24, 2.45) is 5.73 Å². The van der Waals surface area contributed by atoms with E-state index < -0.39 is 0 Å². The Labute approximate surface area is 108 Å². The summed E-state index contributed by atoms with van der Waals surface area (Å²) in [6.07, 6.45) is 1.02. The maximum Gasteiger partial charge on any atom is 0.132 e. The molecule has 5 heteroatoms. The van der Waals surface area contributed by atoms with Crippen molar-refractivity contribution in [1.29, 1.82) is 0 Å². The van der Waals surface area contributed by atoms with Crippen molar-refractivity contribution in [2.75, 3.05) is 24.6 Å². The predicted octanol–water partition coefficient (Wildman–Crippen LogP) is 0.900. The van der Waals surface area contributed by atoms with E-state index in [0.717, 1.165) is 30.3 Å². The average molecular weight is 250 g/mol. The van der Waals surface area contributed by atoms with Gasteiger partial charge in [-0.1, -0.05) is 6.92 Å². The summed E-state index contributed by atoms with van der Waals surface area (Å²) in [4.78, 5) is 11.2. The molecule has 0 saturated carbocycles. The second kappa shape index (κ2) is 5.63. The van der Waals surface area contributed by atoms with Gasteiger partial charge < -0.3 is 15.4 Å². The topological polar surface area (TPSA) is 64.3 Å². The maximum atomic E-state index is 5.69. The normalized spacial score (nSPS) is 24.3. The summed E-state index contributed by atoms with van der Waals surface area (Å²) in [5.41, 5.74) is 6.77. The third-order valence-corrected chi connectivity index (χ3v) is 3.30. The number of nitrogens with zero attached hydrogens (tertiary/aromatic N) is 3. The van der Waals surface area contributed by atoms with Crippen molar-refractivity contribution in [1.82, 2.24) is 9.97 Å². The lowest BCUT2D eigenvalue weighted by atomic mass is 10.2. The number of anilines is 1. The highest BCUT2D eigenvalue weighted by molar-refractivity contribution is 5.42. The first kappa shape index (κ1) is 13.2. The van der Waals surface area contributed by atoms with Gasteiger partial charge in [-0.05, 0) is 20.3 Å². The van der Waals surface area contributed by atoms with Crippen LogP contribution in [0, 0.1) is 6.92 Å². The van der Waals surface area contributed by atoms with Crippen molar-refractivity contribution in [3.05, 3.63) is 17.6 Å². The average Bonchev–Trinajstić information content (AvgIpc) is 2.38. The Balaban J connectivity index is 2.25. The number of hydrogen-bond acceptors (Lipinski definition) is 5. The second-order valence-corrected chi connectivity index (χ2v) is 4.81. The van der Waals surface area contributed by atoms with Gasteiger partial charge in [-0.2, -0.15) is 0 Å². The molecule has 100 valence electrons. The monoisotopic (exact) mass is 250 g/mol. The standard InChI is InChI=1S/C13H22N4O/c1-4-11-5-13(16-10(3)15-11)17-7-12(6-14)18-8-9(17)2/h5,9,12H,4,6-8,14H2,1-3H3. The molecule has 1 fully saturated rings. The van der Waals surface area contributed by atoms with Crippen molar-refractivity contribution in [3.63, 3.8) is 0 Å². The van der Waals surface area contributed by atoms with Crippen LogP contribution in [0.1, 0.15) is 25.4 Å². The smallest absolute Gasteiger partial charge is 0.132 e. The van der Waals surface area contributed by atoms with E-state index in [0.29, 0.717) is 19.2 Å². The van der Waals surface area contributed by atoms with E-state index in [1.54, 1.807) is 0 Å². The van der Waals surface area contributed by atoms with Gasteiger partial charge >= 0.3 is 0 Å². The van der Waals surface area contributed by atoms with Gasteiger partial charge in [-0.15, -0.1) is 0 Å². The lowest BCUT2D eigenvalue weighted by Gasteiger charge is -2.38. The molecule has 1 aromatic heterocycles. The number of rotatable bonds is 3. The van der Waals surface area contributed by atoms with Gasteiger partial charge in [0.15, 0.2) is 0 Å². The van der Waals surface area contributed by atoms with E-state index in [1.807, 2.05) is 6.92 Å². The van der Waals surface area contributed by atoms with Crippen LogP contribution in [-0.4, -0.2) is 41.8 Å². The Morgan fingerprint density at radius 2 is 2.28 bits per heavy atom. The Morgan fingerprint density at radius 3 is 2.94 bits per heavy atom. The van der Waals surface area contributed by atoms with E-state index in [4.69, 9.17) is 10.5 Å². The van der Waals surface area contributed by atoms with Gasteiger partial charge in [0.2, 0.25) is 0 Å². The molecular formula is C13H22N4O. The van der Waals surface area contributed by atoms with Gasteiger partial charge in [0, 0.05) is 24.8 Å². The lowest BCUT2D eigenvalue weighted by Crippen LogP contribution is -2.51. The molecule has 5 nitrogen and oxygen atoms in total. The summed E-state index contributed by atoms with van der Waals surface area (Å²) >= 11 is 0. The van der Waals surface area contributed by atoms with Crippen LogP contribution in [0.4, 0.5) is 5.82 Å². The molecule has 0 spiro atoms. The van der Waals surface area contributed by atoms with Crippen LogP contribution < -0.4 is 10.6 Å². The van der Waals surface area contributed by atoms with Gasteiger partial charge in [0.1, 0.15) is 11.6 Å². The van der Waals surface area contributed by atoms with Crippen molar-refractivity contribution in [3.8, 4) is 0 Å². The third kappa shape index (κ3) is 2.79. The molecule has 18 heavy (non-hydrogen) atoms. The molecule has 1 saturated heterocycles. The number of ether oxygens (including phenoxy) is 1. The van der Waals surface area contributed by atoms with Crippen molar-refractivity contribution in [2.45, 2.75) is 39.3 Å². The number of nitrogens with two attached hydrogens (primary N) is 1. The molecule has 2 heterocycles. The minimum Gasteiger partial charge on any atom is -0.373 e. The predicted molar refractivity (Wildman–Crippen MR) is 71.7 cm³/mol. The lowest BCUT2D eigenvalue weighted by molar-refractivity contribution is 0.0279. The van der Waals surface area contributed by atoms with Gasteiger partial charge in [-0.3, -0.25) is 0 Å². The van der Waals surface area contributed by atoms with Crippen LogP contribution in [0.5, 0.6) is 0 Å². The molecule has 0 amide bonds. The molecule has 0 aliphatic carbocycles. The summed E-state index contributed by atoms with van der Waals surface area (Å²) in [5, 5.41) is 0. The van der Waals surface area contributed by atoms with E-state index in [1.165, 1.54) is 0 Å². The quantitative estimate of drug-likeness (QED) is 0.863. The first-order valence-electron chi connectivity index (χ1n) is 6.57. The molecule has 1 aliphatic rings. The molecule has 1 aromatic rings. The van der Waals surface area contributed by atoms with Crippen LogP contribution in [0.15, 0.2) is 6.07 Å². The molecule has 2 N–H and O–H groups in total. The highest BCUT2D eigenvalue weighted by Crippen LogP contribution is 2.20. The van der Waals surface area contributed by atoms with E-state index in [-0.39, 0.29) is 6.10 Å². The zero-order chi connectivity index (χ0) is 13.1. The Hall–Kier alpha value is -1.20. The number of morpholine rings is 1. The fourth-order valence-corrected chi connectivity index (χ4v) is 2.22. The van der Waals surface area contributed by atoms with Crippen LogP contribution in [0.2, 0.25) is 0 Å². The molecule has 0 bridgehead atoms. The number of aromatic nitrogens is 2. The molecule has 0 aromatic carbocycles. The largest absolute Gasteiger partial charge is 0.373 e. The summed E-state index contributed by atoms with van der Waals surface area (Å²) in [6.45, 7) is 8.25. The molecule has 2 rings (SSSR count). The third-order valence-electron chi connectivity index (χ3n) is 3.30. The number of aryl methyl sites for hydroxylation is 2. The van der Waals surface area contributed by atoms with Crippen LogP contribution in [-0.2, 0) is 11.2 Å². The summed E-state index contributed by atoms with van der Waals surface area (Å²) in [6, 6.07) is 2.40. The zero-order valence-corrected chi connectivity index (χ0v) is 11.4. The first-order valence-corrected chi connectivity index (χ1v) is 6.57. The highest BCUT2D eigenvalue weighted by Gasteiger charge is 2.26. The Kier molecular flexibility index (Phi) is 4.14. The van der Waals surface area contributed by atoms with Crippen LogP contribution in [0.3, 0.4) is 0 Å². The molecule has 1 aliphatic heterocycles. The van der Waals surface area contributed by atoms with Crippen molar-refractivity contribution >= 4 is 5.82 Å². The first-order chi connectivity index (χ1) is 8.63. The summed E-state index contributed by atoms with van der Waals surface area (Å²) in [7, 11) is 0. The molecular weight excluding hydrogens is 228 g/mol. The molecule has 0 radical (unpaired) electrons. The minimum absolute atomic E-state index is 0.0987. The van der Waals surface area contributed by atoms with E-state index >= 15 is 0 Å². The highest BCUT2D eigenvalue weighted by atomic mass is 16.5. The van der Waals surface area contributed by atoms with Gasteiger partial charge in [0.25, 0.3) is 0 Å². The molecule has 2 unspecified atom stereocenters. The summed E-state index contributed by atoms with van der Waals surface area (Å²) < 4.78 is 5.67. The van der Waals surface area contributed by atoms with E-state index in [9.17, 15) is 0 Å². The maximum absolute atomic E-state index is 5.69. The van der Waals surface area contributed by atoms with Gasteiger partial charge in [0.05, 0.1) is 18.8 Å². The number of hydrogen-bond donors (Lipinski definition) is 1. The summed E-state index contributed by atoms with van der Waals surface area (Å²) in [5.74, 6) is 1.82.